The Kier molecular flexibility index (Phi) is 9.38. The first-order valence-electron chi connectivity index (χ1n) is 8.36. The lowest BCUT2D eigenvalue weighted by molar-refractivity contribution is -0.134. The van der Waals surface area contributed by atoms with E-state index < -0.39 is 11.9 Å². The van der Waals surface area contributed by atoms with Crippen LogP contribution in [0.4, 0.5) is 11.4 Å². The van der Waals surface area contributed by atoms with Crippen LogP contribution in [0, 0.1) is 6.92 Å². The largest absolute Gasteiger partial charge is 0.478 e. The van der Waals surface area contributed by atoms with Crippen LogP contribution in [0.5, 0.6) is 0 Å². The van der Waals surface area contributed by atoms with Crippen LogP contribution >= 0.6 is 0 Å². The number of nitrogens with one attached hydrogen (secondary N) is 2. The summed E-state index contributed by atoms with van der Waals surface area (Å²) < 4.78 is 5.41. The van der Waals surface area contributed by atoms with Gasteiger partial charge in [-0.25, -0.2) is 9.59 Å². The van der Waals surface area contributed by atoms with Gasteiger partial charge >= 0.3 is 11.9 Å². The lowest BCUT2D eigenvalue weighted by Crippen LogP contribution is -2.37. The summed E-state index contributed by atoms with van der Waals surface area (Å²) in [5.41, 5.74) is 3.51. The molecule has 1 saturated heterocycles. The van der Waals surface area contributed by atoms with Crippen LogP contribution in [-0.2, 0) is 14.3 Å². The normalized spacial score (nSPS) is 14.3. The standard InChI is InChI=1S/C14H22N4O.C4H4O4/c1-11-4-5-13(18-6-8-19-9-7-18)12(10-11)17-14(15-2)16-3;5-3(6)1-2-4(7)8/h4-5,10H,6-9H2,1-3H3,(H2,15,16,17);1-2H,(H,5,6)(H,7,8). The molecule has 1 aromatic carbocycles. The molecule has 0 amide bonds. The number of anilines is 2. The summed E-state index contributed by atoms with van der Waals surface area (Å²) in [4.78, 5) is 25.6. The molecule has 0 unspecified atom stereocenters. The fraction of sp³-hybridized carbons (Fsp3) is 0.389. The second kappa shape index (κ2) is 11.5. The van der Waals surface area contributed by atoms with Gasteiger partial charge in [0.05, 0.1) is 24.6 Å². The zero-order valence-electron chi connectivity index (χ0n) is 15.7. The molecule has 1 heterocycles. The number of aliphatic imine (C=N–C) groups is 1. The van der Waals surface area contributed by atoms with Gasteiger partial charge in [0, 0.05) is 39.3 Å². The van der Waals surface area contributed by atoms with Crippen LogP contribution in [0.25, 0.3) is 0 Å². The van der Waals surface area contributed by atoms with Gasteiger partial charge in [-0.1, -0.05) is 6.07 Å². The summed E-state index contributed by atoms with van der Waals surface area (Å²) >= 11 is 0. The number of carbonyl (C=O) groups is 2. The second-order valence-electron chi connectivity index (χ2n) is 5.58. The first kappa shape index (κ1) is 22.0. The van der Waals surface area contributed by atoms with Crippen LogP contribution in [0.2, 0.25) is 0 Å². The van der Waals surface area contributed by atoms with Gasteiger partial charge in [-0.3, -0.25) is 4.99 Å². The molecule has 27 heavy (non-hydrogen) atoms. The zero-order valence-corrected chi connectivity index (χ0v) is 15.7. The molecule has 9 heteroatoms. The number of carboxylic acids is 2. The molecule has 0 aliphatic carbocycles. The lowest BCUT2D eigenvalue weighted by atomic mass is 10.1. The zero-order chi connectivity index (χ0) is 20.2. The van der Waals surface area contributed by atoms with Gasteiger partial charge in [0.1, 0.15) is 0 Å². The first-order valence-corrected chi connectivity index (χ1v) is 8.36. The predicted molar refractivity (Wildman–Crippen MR) is 105 cm³/mol. The highest BCUT2D eigenvalue weighted by Crippen LogP contribution is 2.27. The van der Waals surface area contributed by atoms with E-state index in [4.69, 9.17) is 14.9 Å². The van der Waals surface area contributed by atoms with Crippen molar-refractivity contribution in [2.24, 2.45) is 4.99 Å². The molecule has 1 aliphatic rings. The maximum atomic E-state index is 9.55. The molecule has 0 spiro atoms. The molecule has 1 aliphatic heterocycles. The van der Waals surface area contributed by atoms with E-state index in [1.54, 1.807) is 7.05 Å². The van der Waals surface area contributed by atoms with Crippen LogP contribution in [-0.4, -0.2) is 68.5 Å². The highest BCUT2D eigenvalue weighted by atomic mass is 16.5. The number of benzene rings is 1. The average Bonchev–Trinajstić information content (AvgIpc) is 2.65. The molecule has 0 saturated carbocycles. The highest BCUT2D eigenvalue weighted by molar-refractivity contribution is 5.96. The van der Waals surface area contributed by atoms with E-state index in [1.807, 2.05) is 7.05 Å². The Bertz CT molecular complexity index is 681. The third-order valence-electron chi connectivity index (χ3n) is 3.59. The minimum Gasteiger partial charge on any atom is -0.478 e. The van der Waals surface area contributed by atoms with Crippen molar-refractivity contribution in [3.63, 3.8) is 0 Å². The van der Waals surface area contributed by atoms with Crippen LogP contribution in [0.15, 0.2) is 35.3 Å². The van der Waals surface area contributed by atoms with E-state index in [9.17, 15) is 9.59 Å². The highest BCUT2D eigenvalue weighted by Gasteiger charge is 2.15. The number of aryl methyl sites for hydroxylation is 1. The number of guanidine groups is 1. The van der Waals surface area contributed by atoms with Crippen molar-refractivity contribution in [3.8, 4) is 0 Å². The number of morpholine rings is 1. The SMILES string of the molecule is CN=C(NC)Nc1cc(C)ccc1N1CCOCC1.O=C(O)C=CC(=O)O. The molecular formula is C18H26N4O5. The van der Waals surface area contributed by atoms with Gasteiger partial charge in [-0.2, -0.15) is 0 Å². The van der Waals surface area contributed by atoms with E-state index in [2.05, 4.69) is 45.6 Å². The number of hydrogen-bond acceptors (Lipinski definition) is 5. The molecular weight excluding hydrogens is 352 g/mol. The van der Waals surface area contributed by atoms with E-state index in [0.29, 0.717) is 12.2 Å². The molecule has 4 N–H and O–H groups in total. The van der Waals surface area contributed by atoms with Crippen LogP contribution < -0.4 is 15.5 Å². The summed E-state index contributed by atoms with van der Waals surface area (Å²) in [6, 6.07) is 6.44. The van der Waals surface area contributed by atoms with E-state index in [-0.39, 0.29) is 0 Å². The molecule has 0 atom stereocenters. The van der Waals surface area contributed by atoms with Crippen molar-refractivity contribution in [1.29, 1.82) is 0 Å². The molecule has 1 fully saturated rings. The van der Waals surface area contributed by atoms with E-state index >= 15 is 0 Å². The molecule has 148 valence electrons. The summed E-state index contributed by atoms with van der Waals surface area (Å²) in [6.45, 7) is 5.52. The summed E-state index contributed by atoms with van der Waals surface area (Å²) in [5.74, 6) is -1.75. The van der Waals surface area contributed by atoms with Gasteiger partial charge in [-0.05, 0) is 24.6 Å². The summed E-state index contributed by atoms with van der Waals surface area (Å²) in [5, 5.41) is 22.0. The van der Waals surface area contributed by atoms with Crippen molar-refractivity contribution in [3.05, 3.63) is 35.9 Å². The first-order chi connectivity index (χ1) is 12.9. The number of hydrogen-bond donors (Lipinski definition) is 4. The number of ether oxygens (including phenoxy) is 1. The van der Waals surface area contributed by atoms with Gasteiger partial charge in [0.2, 0.25) is 0 Å². The van der Waals surface area contributed by atoms with E-state index in [1.165, 1.54) is 11.3 Å². The smallest absolute Gasteiger partial charge is 0.328 e. The Hall–Kier alpha value is -3.07. The quantitative estimate of drug-likeness (QED) is 0.350. The molecule has 0 bridgehead atoms. The minimum absolute atomic E-state index is 0.558. The van der Waals surface area contributed by atoms with Gasteiger partial charge in [0.25, 0.3) is 0 Å². The molecule has 2 rings (SSSR count). The monoisotopic (exact) mass is 378 g/mol. The van der Waals surface area contributed by atoms with Crippen LogP contribution in [0.3, 0.4) is 0 Å². The van der Waals surface area contributed by atoms with Crippen molar-refractivity contribution in [2.75, 3.05) is 50.6 Å². The number of carboxylic acid groups (broad SMARTS) is 2. The van der Waals surface area contributed by atoms with Crippen LogP contribution in [0.1, 0.15) is 5.56 Å². The Morgan fingerprint density at radius 2 is 1.78 bits per heavy atom. The fourth-order valence-corrected chi connectivity index (χ4v) is 2.33. The average molecular weight is 378 g/mol. The van der Waals surface area contributed by atoms with Crippen molar-refractivity contribution in [2.45, 2.75) is 6.92 Å². The molecule has 0 aromatic heterocycles. The minimum atomic E-state index is -1.26. The third kappa shape index (κ3) is 8.23. The predicted octanol–water partition coefficient (Wildman–Crippen LogP) is 1.16. The summed E-state index contributed by atoms with van der Waals surface area (Å²) in [7, 11) is 3.63. The molecule has 0 radical (unpaired) electrons. The van der Waals surface area contributed by atoms with Crippen molar-refractivity contribution in [1.82, 2.24) is 5.32 Å². The third-order valence-corrected chi connectivity index (χ3v) is 3.59. The molecule has 1 aromatic rings. The maximum absolute atomic E-state index is 9.55. The van der Waals surface area contributed by atoms with Gasteiger partial charge in [-0.15, -0.1) is 0 Å². The Balaban J connectivity index is 0.000000387. The van der Waals surface area contributed by atoms with Crippen molar-refractivity contribution >= 4 is 29.3 Å². The van der Waals surface area contributed by atoms with E-state index in [0.717, 1.165) is 38.0 Å². The Labute approximate surface area is 158 Å². The lowest BCUT2D eigenvalue weighted by Gasteiger charge is -2.31. The van der Waals surface area contributed by atoms with Gasteiger partial charge in [0.15, 0.2) is 5.96 Å². The second-order valence-corrected chi connectivity index (χ2v) is 5.58. The number of rotatable bonds is 4. The number of nitrogens with zero attached hydrogens (tertiary/aromatic N) is 2. The van der Waals surface area contributed by atoms with Gasteiger partial charge < -0.3 is 30.5 Å². The Morgan fingerprint density at radius 3 is 2.26 bits per heavy atom. The number of aliphatic carboxylic acids is 2. The fourth-order valence-electron chi connectivity index (χ4n) is 2.33. The maximum Gasteiger partial charge on any atom is 0.328 e. The summed E-state index contributed by atoms with van der Waals surface area (Å²) in [6.07, 6.45) is 1.12. The van der Waals surface area contributed by atoms with Crippen molar-refractivity contribution < 1.29 is 24.5 Å². The Morgan fingerprint density at radius 1 is 1.19 bits per heavy atom. The topological polar surface area (TPSA) is 123 Å². The molecule has 9 nitrogen and oxygen atoms in total.